The van der Waals surface area contributed by atoms with Gasteiger partial charge in [0.05, 0.1) is 6.61 Å². The number of halogens is 1. The molecule has 1 atom stereocenters. The lowest BCUT2D eigenvalue weighted by molar-refractivity contribution is 0.00755. The highest BCUT2D eigenvalue weighted by Crippen LogP contribution is 2.23. The van der Waals surface area contributed by atoms with Crippen LogP contribution in [0.5, 0.6) is 0 Å². The van der Waals surface area contributed by atoms with Crippen LogP contribution in [-0.4, -0.2) is 29.8 Å². The van der Waals surface area contributed by atoms with Crippen LogP contribution in [-0.2, 0) is 4.74 Å². The summed E-state index contributed by atoms with van der Waals surface area (Å²) in [6.07, 6.45) is -0.167. The summed E-state index contributed by atoms with van der Waals surface area (Å²) in [7, 11) is 0. The third-order valence-corrected chi connectivity index (χ3v) is 2.96. The van der Waals surface area contributed by atoms with Gasteiger partial charge in [-0.25, -0.2) is 0 Å². The van der Waals surface area contributed by atoms with Crippen molar-refractivity contribution in [3.05, 3.63) is 35.2 Å². The minimum atomic E-state index is -0.167. The summed E-state index contributed by atoms with van der Waals surface area (Å²) in [4.78, 5) is 4.34. The van der Waals surface area contributed by atoms with Crippen LogP contribution in [0.15, 0.2) is 28.8 Å². The predicted octanol–water partition coefficient (Wildman–Crippen LogP) is 2.05. The minimum Gasteiger partial charge on any atom is -0.366 e. The van der Waals surface area contributed by atoms with Gasteiger partial charge in [-0.15, -0.1) is 0 Å². The normalized spacial score (nSPS) is 19.9. The van der Waals surface area contributed by atoms with Gasteiger partial charge in [0.25, 0.3) is 5.89 Å². The van der Waals surface area contributed by atoms with E-state index in [1.165, 1.54) is 0 Å². The van der Waals surface area contributed by atoms with E-state index in [1.54, 1.807) is 12.1 Å². The molecule has 5 nitrogen and oxygen atoms in total. The van der Waals surface area contributed by atoms with Crippen molar-refractivity contribution in [1.82, 2.24) is 15.5 Å². The summed E-state index contributed by atoms with van der Waals surface area (Å²) in [5, 5.41) is 7.82. The van der Waals surface area contributed by atoms with Crippen molar-refractivity contribution < 1.29 is 9.26 Å². The van der Waals surface area contributed by atoms with Gasteiger partial charge < -0.3 is 14.6 Å². The first-order valence-electron chi connectivity index (χ1n) is 5.75. The average molecular weight is 266 g/mol. The van der Waals surface area contributed by atoms with Crippen LogP contribution in [0.4, 0.5) is 0 Å². The standard InChI is InChI=1S/C12H12ClN3O2/c13-9-3-1-2-8(6-9)11-15-12(18-16-11)10-7-14-4-5-17-10/h1-3,6,10,14H,4-5,7H2. The topological polar surface area (TPSA) is 60.2 Å². The van der Waals surface area contributed by atoms with Crippen molar-refractivity contribution in [2.75, 3.05) is 19.7 Å². The smallest absolute Gasteiger partial charge is 0.257 e. The van der Waals surface area contributed by atoms with E-state index in [9.17, 15) is 0 Å². The first-order valence-corrected chi connectivity index (χ1v) is 6.12. The van der Waals surface area contributed by atoms with Crippen molar-refractivity contribution in [1.29, 1.82) is 0 Å². The molecule has 2 heterocycles. The Hall–Kier alpha value is -1.43. The summed E-state index contributed by atoms with van der Waals surface area (Å²) >= 11 is 5.93. The van der Waals surface area contributed by atoms with Gasteiger partial charge in [0.2, 0.25) is 5.82 Å². The lowest BCUT2D eigenvalue weighted by atomic mass is 10.2. The van der Waals surface area contributed by atoms with Crippen LogP contribution in [0.25, 0.3) is 11.4 Å². The maximum atomic E-state index is 5.93. The summed E-state index contributed by atoms with van der Waals surface area (Å²) < 4.78 is 10.8. The number of morpholine rings is 1. The second-order valence-corrected chi connectivity index (χ2v) is 4.47. The molecule has 1 unspecified atom stereocenters. The Kier molecular flexibility index (Phi) is 3.27. The third kappa shape index (κ3) is 2.38. The molecule has 1 aliphatic rings. The molecule has 0 bridgehead atoms. The number of hydrogen-bond acceptors (Lipinski definition) is 5. The average Bonchev–Trinajstić information content (AvgIpc) is 2.89. The summed E-state index contributed by atoms with van der Waals surface area (Å²) in [6, 6.07) is 7.35. The van der Waals surface area contributed by atoms with E-state index in [1.807, 2.05) is 12.1 Å². The molecule has 0 spiro atoms. The maximum absolute atomic E-state index is 5.93. The monoisotopic (exact) mass is 265 g/mol. The van der Waals surface area contributed by atoms with Crippen LogP contribution in [0.1, 0.15) is 12.0 Å². The zero-order chi connectivity index (χ0) is 12.4. The Morgan fingerprint density at radius 1 is 1.39 bits per heavy atom. The van der Waals surface area contributed by atoms with E-state index in [0.717, 1.165) is 12.1 Å². The minimum absolute atomic E-state index is 0.167. The second kappa shape index (κ2) is 5.06. The molecule has 3 rings (SSSR count). The van der Waals surface area contributed by atoms with Gasteiger partial charge in [-0.1, -0.05) is 28.9 Å². The van der Waals surface area contributed by atoms with Crippen molar-refractivity contribution in [2.45, 2.75) is 6.10 Å². The Balaban J connectivity index is 1.84. The van der Waals surface area contributed by atoms with Crippen LogP contribution in [0, 0.1) is 0 Å². The fourth-order valence-electron chi connectivity index (χ4n) is 1.83. The molecule has 2 aromatic rings. The second-order valence-electron chi connectivity index (χ2n) is 4.03. The molecule has 1 saturated heterocycles. The van der Waals surface area contributed by atoms with Gasteiger partial charge in [-0.05, 0) is 12.1 Å². The Labute approximate surface area is 109 Å². The van der Waals surface area contributed by atoms with E-state index in [0.29, 0.717) is 29.9 Å². The van der Waals surface area contributed by atoms with E-state index in [4.69, 9.17) is 20.9 Å². The molecule has 1 aromatic heterocycles. The Morgan fingerprint density at radius 2 is 2.33 bits per heavy atom. The van der Waals surface area contributed by atoms with Crippen LogP contribution >= 0.6 is 11.6 Å². The summed E-state index contributed by atoms with van der Waals surface area (Å²) in [6.45, 7) is 2.20. The first-order chi connectivity index (χ1) is 8.83. The molecular weight excluding hydrogens is 254 g/mol. The van der Waals surface area contributed by atoms with Gasteiger partial charge in [0.1, 0.15) is 6.10 Å². The zero-order valence-electron chi connectivity index (χ0n) is 9.60. The summed E-state index contributed by atoms with van der Waals surface area (Å²) in [5.41, 5.74) is 0.835. The first kappa shape index (κ1) is 11.6. The van der Waals surface area contributed by atoms with Crippen molar-refractivity contribution in [2.24, 2.45) is 0 Å². The van der Waals surface area contributed by atoms with E-state index in [-0.39, 0.29) is 6.10 Å². The lowest BCUT2D eigenvalue weighted by Crippen LogP contribution is -2.33. The molecule has 0 amide bonds. The van der Waals surface area contributed by atoms with Gasteiger partial charge in [-0.2, -0.15) is 4.98 Å². The van der Waals surface area contributed by atoms with Crippen molar-refractivity contribution in [3.8, 4) is 11.4 Å². The molecule has 1 fully saturated rings. The van der Waals surface area contributed by atoms with Gasteiger partial charge >= 0.3 is 0 Å². The molecule has 0 radical (unpaired) electrons. The number of benzene rings is 1. The Bertz CT molecular complexity index is 538. The maximum Gasteiger partial charge on any atom is 0.257 e. The molecule has 0 aliphatic carbocycles. The van der Waals surface area contributed by atoms with E-state index >= 15 is 0 Å². The molecule has 0 saturated carbocycles. The van der Waals surface area contributed by atoms with E-state index in [2.05, 4.69) is 15.5 Å². The SMILES string of the molecule is Clc1cccc(-c2noc(C3CNCCO3)n2)c1. The largest absolute Gasteiger partial charge is 0.366 e. The molecular formula is C12H12ClN3O2. The van der Waals surface area contributed by atoms with Gasteiger partial charge in [0, 0.05) is 23.7 Å². The van der Waals surface area contributed by atoms with Gasteiger partial charge in [-0.3, -0.25) is 0 Å². The van der Waals surface area contributed by atoms with Crippen molar-refractivity contribution in [3.63, 3.8) is 0 Å². The molecule has 1 aromatic carbocycles. The number of ether oxygens (including phenoxy) is 1. The number of aromatic nitrogens is 2. The fourth-order valence-corrected chi connectivity index (χ4v) is 2.03. The van der Waals surface area contributed by atoms with Crippen LogP contribution in [0.3, 0.4) is 0 Å². The van der Waals surface area contributed by atoms with Crippen LogP contribution in [0.2, 0.25) is 5.02 Å². The highest BCUT2D eigenvalue weighted by Gasteiger charge is 2.22. The molecule has 18 heavy (non-hydrogen) atoms. The quantitative estimate of drug-likeness (QED) is 0.901. The number of rotatable bonds is 2. The highest BCUT2D eigenvalue weighted by atomic mass is 35.5. The van der Waals surface area contributed by atoms with E-state index < -0.39 is 0 Å². The zero-order valence-corrected chi connectivity index (χ0v) is 10.4. The number of nitrogens with one attached hydrogen (secondary N) is 1. The number of hydrogen-bond donors (Lipinski definition) is 1. The number of nitrogens with zero attached hydrogens (tertiary/aromatic N) is 2. The third-order valence-electron chi connectivity index (χ3n) is 2.73. The van der Waals surface area contributed by atoms with Gasteiger partial charge in [0.15, 0.2) is 0 Å². The Morgan fingerprint density at radius 3 is 3.11 bits per heavy atom. The molecule has 94 valence electrons. The lowest BCUT2D eigenvalue weighted by Gasteiger charge is -2.19. The highest BCUT2D eigenvalue weighted by molar-refractivity contribution is 6.30. The molecule has 1 aliphatic heterocycles. The molecule has 6 heteroatoms. The fraction of sp³-hybridized carbons (Fsp3) is 0.333. The van der Waals surface area contributed by atoms with Crippen molar-refractivity contribution >= 4 is 11.6 Å². The predicted molar refractivity (Wildman–Crippen MR) is 66.3 cm³/mol. The summed E-state index contributed by atoms with van der Waals surface area (Å²) in [5.74, 6) is 1.03. The van der Waals surface area contributed by atoms with Crippen LogP contribution < -0.4 is 5.32 Å². The molecule has 1 N–H and O–H groups in total.